The molecule has 1 saturated heterocycles. The summed E-state index contributed by atoms with van der Waals surface area (Å²) in [7, 11) is 0. The van der Waals surface area contributed by atoms with E-state index >= 15 is 0 Å². The van der Waals surface area contributed by atoms with Gasteiger partial charge in [-0.25, -0.2) is 8.78 Å². The van der Waals surface area contributed by atoms with E-state index in [1.54, 1.807) is 4.57 Å². The maximum atomic E-state index is 14.1. The number of carbonyl (C=O) groups excluding carboxylic acids is 2. The van der Waals surface area contributed by atoms with Gasteiger partial charge in [0, 0.05) is 37.5 Å². The second-order valence-electron chi connectivity index (χ2n) is 10.5. The van der Waals surface area contributed by atoms with Crippen molar-refractivity contribution in [3.63, 3.8) is 0 Å². The van der Waals surface area contributed by atoms with Gasteiger partial charge in [-0.3, -0.25) is 14.4 Å². The molecule has 38 heavy (non-hydrogen) atoms. The number of ether oxygens (including phenoxy) is 1. The van der Waals surface area contributed by atoms with Crippen molar-refractivity contribution in [1.29, 1.82) is 0 Å². The first-order valence-corrected chi connectivity index (χ1v) is 12.8. The number of aromatic nitrogens is 1. The predicted molar refractivity (Wildman–Crippen MR) is 135 cm³/mol. The molecule has 2 aliphatic heterocycles. The molecule has 6 rings (SSSR count). The lowest BCUT2D eigenvalue weighted by atomic mass is 9.79. The summed E-state index contributed by atoms with van der Waals surface area (Å²) < 4.78 is 35.0. The third-order valence-corrected chi connectivity index (χ3v) is 8.01. The van der Waals surface area contributed by atoms with Crippen LogP contribution in [0.1, 0.15) is 57.7 Å². The number of fused-ring (bicyclic) bond motifs is 2. The largest absolute Gasteiger partial charge is 0.483 e. The van der Waals surface area contributed by atoms with Gasteiger partial charge in [0.15, 0.2) is 11.4 Å². The van der Waals surface area contributed by atoms with Crippen molar-refractivity contribution in [2.75, 3.05) is 6.54 Å². The van der Waals surface area contributed by atoms with Crippen molar-refractivity contribution in [3.8, 4) is 5.75 Å². The lowest BCUT2D eigenvalue weighted by molar-refractivity contribution is 0.0416. The summed E-state index contributed by atoms with van der Waals surface area (Å²) in [6.07, 6.45) is 5.29. The smallest absolute Gasteiger partial charge is 0.275 e. The van der Waals surface area contributed by atoms with Gasteiger partial charge in [-0.2, -0.15) is 0 Å². The highest BCUT2D eigenvalue weighted by Crippen LogP contribution is 2.48. The minimum Gasteiger partial charge on any atom is -0.483 e. The molecule has 3 aliphatic rings. The molecule has 2 bridgehead atoms. The quantitative estimate of drug-likeness (QED) is 0.533. The zero-order valence-electron chi connectivity index (χ0n) is 20.7. The van der Waals surface area contributed by atoms with E-state index in [4.69, 9.17) is 4.74 Å². The van der Waals surface area contributed by atoms with Crippen LogP contribution in [0, 0.1) is 17.6 Å². The Kier molecular flexibility index (Phi) is 6.01. The summed E-state index contributed by atoms with van der Waals surface area (Å²) in [5, 5.41) is 2.56. The van der Waals surface area contributed by atoms with Gasteiger partial charge in [0.1, 0.15) is 23.8 Å². The molecule has 1 aliphatic carbocycles. The van der Waals surface area contributed by atoms with Crippen molar-refractivity contribution in [1.82, 2.24) is 14.8 Å². The van der Waals surface area contributed by atoms with Crippen LogP contribution in [-0.2, 0) is 19.7 Å². The molecule has 1 spiro atoms. The Hall–Kier alpha value is -4.01. The Bertz CT molecular complexity index is 1490. The van der Waals surface area contributed by atoms with Gasteiger partial charge < -0.3 is 19.5 Å². The number of hydrogen-bond acceptors (Lipinski definition) is 4. The molecule has 2 amide bonds. The van der Waals surface area contributed by atoms with Crippen LogP contribution in [0.4, 0.5) is 8.78 Å². The molecule has 0 radical (unpaired) electrons. The van der Waals surface area contributed by atoms with Gasteiger partial charge in [-0.1, -0.05) is 42.8 Å². The first kappa shape index (κ1) is 24.3. The fourth-order valence-corrected chi connectivity index (χ4v) is 6.23. The Balaban J connectivity index is 1.37. The normalized spacial score (nSPS) is 21.6. The fourth-order valence-electron chi connectivity index (χ4n) is 6.23. The second kappa shape index (κ2) is 9.38. The number of nitrogens with zero attached hydrogens (tertiary/aromatic N) is 2. The van der Waals surface area contributed by atoms with Gasteiger partial charge in [0.2, 0.25) is 5.43 Å². The van der Waals surface area contributed by atoms with Gasteiger partial charge in [-0.15, -0.1) is 0 Å². The molecule has 196 valence electrons. The number of carbonyl (C=O) groups is 2. The molecule has 3 heterocycles. The van der Waals surface area contributed by atoms with E-state index in [2.05, 4.69) is 5.32 Å². The number of amides is 2. The third kappa shape index (κ3) is 4.15. The molecule has 0 unspecified atom stereocenters. The molecule has 2 atom stereocenters. The number of benzene rings is 2. The molecule has 7 nitrogen and oxygen atoms in total. The van der Waals surface area contributed by atoms with Crippen LogP contribution >= 0.6 is 0 Å². The summed E-state index contributed by atoms with van der Waals surface area (Å²) in [5.41, 5.74) is -0.168. The van der Waals surface area contributed by atoms with Crippen LogP contribution in [0.25, 0.3) is 0 Å². The van der Waals surface area contributed by atoms with E-state index in [1.165, 1.54) is 12.3 Å². The lowest BCUT2D eigenvalue weighted by Gasteiger charge is -2.44. The maximum Gasteiger partial charge on any atom is 0.275 e. The minimum atomic E-state index is -0.794. The van der Waals surface area contributed by atoms with Crippen LogP contribution in [0.5, 0.6) is 5.75 Å². The minimum absolute atomic E-state index is 0.0516. The van der Waals surface area contributed by atoms with Gasteiger partial charge >= 0.3 is 0 Å². The fraction of sp³-hybridized carbons (Fsp3) is 0.345. The topological polar surface area (TPSA) is 80.6 Å². The van der Waals surface area contributed by atoms with Crippen LogP contribution in [-0.4, -0.2) is 33.4 Å². The third-order valence-electron chi connectivity index (χ3n) is 8.01. The molecule has 2 aromatic carbocycles. The number of nitrogens with one attached hydrogen (secondary N) is 1. The van der Waals surface area contributed by atoms with E-state index in [0.717, 1.165) is 43.4 Å². The van der Waals surface area contributed by atoms with Gasteiger partial charge in [0.05, 0.1) is 5.54 Å². The molecular weight excluding hydrogens is 492 g/mol. The van der Waals surface area contributed by atoms with Gasteiger partial charge in [0.25, 0.3) is 11.8 Å². The molecule has 1 aromatic heterocycles. The highest BCUT2D eigenvalue weighted by atomic mass is 19.1. The Morgan fingerprint density at radius 2 is 1.95 bits per heavy atom. The van der Waals surface area contributed by atoms with Crippen LogP contribution in [0.2, 0.25) is 0 Å². The monoisotopic (exact) mass is 519 g/mol. The van der Waals surface area contributed by atoms with E-state index in [1.807, 2.05) is 35.2 Å². The average Bonchev–Trinajstić information content (AvgIpc) is 3.17. The van der Waals surface area contributed by atoms with Crippen molar-refractivity contribution < 1.29 is 23.1 Å². The summed E-state index contributed by atoms with van der Waals surface area (Å²) in [4.78, 5) is 42.5. The first-order valence-electron chi connectivity index (χ1n) is 12.8. The summed E-state index contributed by atoms with van der Waals surface area (Å²) in [5.74, 6) is -2.22. The summed E-state index contributed by atoms with van der Waals surface area (Å²) in [6.45, 7) is 0.955. The molecular formula is C29H27F2N3O4. The molecule has 1 N–H and O–H groups in total. The molecule has 9 heteroatoms. The van der Waals surface area contributed by atoms with Crippen LogP contribution < -0.4 is 15.5 Å². The number of rotatable bonds is 6. The second-order valence-corrected chi connectivity index (χ2v) is 10.5. The van der Waals surface area contributed by atoms with E-state index in [9.17, 15) is 23.2 Å². The standard InChI is InChI=1S/C29H27F2N3O4/c30-21-9-8-20(23(31)11-21)13-32-27(36)22-15-33-17-29-10-4-7-19(12-29)14-34(29)28(37)24(33)26(25(22)35)38-16-18-5-2-1-3-6-18/h1-3,5-6,8-9,11,15,19H,4,7,10,12-14,16-17H2,(H,32,36)/t19-,29+/m1/s1. The highest BCUT2D eigenvalue weighted by molar-refractivity contribution is 5.99. The molecule has 2 fully saturated rings. The zero-order valence-corrected chi connectivity index (χ0v) is 20.7. The van der Waals surface area contributed by atoms with E-state index < -0.39 is 23.0 Å². The zero-order chi connectivity index (χ0) is 26.4. The van der Waals surface area contributed by atoms with Crippen molar-refractivity contribution in [3.05, 3.63) is 99.0 Å². The Morgan fingerprint density at radius 3 is 2.74 bits per heavy atom. The van der Waals surface area contributed by atoms with Crippen molar-refractivity contribution >= 4 is 11.8 Å². The molecule has 1 saturated carbocycles. The van der Waals surface area contributed by atoms with Crippen molar-refractivity contribution in [2.24, 2.45) is 5.92 Å². The Morgan fingerprint density at radius 1 is 1.13 bits per heavy atom. The summed E-state index contributed by atoms with van der Waals surface area (Å²) >= 11 is 0. The van der Waals surface area contributed by atoms with Gasteiger partial charge in [-0.05, 0) is 36.8 Å². The number of halogens is 2. The van der Waals surface area contributed by atoms with Crippen molar-refractivity contribution in [2.45, 2.75) is 50.9 Å². The SMILES string of the molecule is O=C(NCc1ccc(F)cc1F)c1cn2c(c(OCc3ccccc3)c1=O)C(=O)N1C[C@@H]3CCC[C@]1(C3)C2. The number of pyridine rings is 1. The average molecular weight is 520 g/mol. The van der Waals surface area contributed by atoms with Crippen LogP contribution in [0.15, 0.2) is 59.5 Å². The number of hydrogen-bond donors (Lipinski definition) is 1. The highest BCUT2D eigenvalue weighted by Gasteiger charge is 2.54. The predicted octanol–water partition coefficient (Wildman–Crippen LogP) is 4.03. The van der Waals surface area contributed by atoms with E-state index in [0.29, 0.717) is 19.0 Å². The van der Waals surface area contributed by atoms with E-state index in [-0.39, 0.29) is 47.2 Å². The Labute approximate surface area is 218 Å². The first-order chi connectivity index (χ1) is 18.3. The lowest BCUT2D eigenvalue weighted by Crippen LogP contribution is -2.55. The maximum absolute atomic E-state index is 14.1. The molecule has 3 aromatic rings. The summed E-state index contributed by atoms with van der Waals surface area (Å²) in [6, 6.07) is 12.3. The van der Waals surface area contributed by atoms with Crippen LogP contribution in [0.3, 0.4) is 0 Å².